The summed E-state index contributed by atoms with van der Waals surface area (Å²) in [6, 6.07) is 21.4. The minimum Gasteiger partial charge on any atom is -0.744 e. The van der Waals surface area contributed by atoms with Gasteiger partial charge in [0.05, 0.1) is 9.79 Å². The summed E-state index contributed by atoms with van der Waals surface area (Å²) < 4.78 is 68.9. The van der Waals surface area contributed by atoms with Gasteiger partial charge in [-0.2, -0.15) is 0 Å². The van der Waals surface area contributed by atoms with Gasteiger partial charge in [0, 0.05) is 0 Å². The number of hydrogen-bond donors (Lipinski definition) is 0. The molecule has 0 atom stereocenters. The summed E-state index contributed by atoms with van der Waals surface area (Å²) in [6.45, 7) is 4.07. The first-order chi connectivity index (χ1) is 17.1. The SMILES string of the molecule is CCCCc1ccc2ccccc2c1S(=O)(=O)[O-].CCCCc1ccc2ccccc2c1S(=O)(=O)[O-].[Fe+2]. The first-order valence-electron chi connectivity index (χ1n) is 12.0. The van der Waals surface area contributed by atoms with Gasteiger partial charge < -0.3 is 9.11 Å². The number of aryl methyl sites for hydroxylation is 2. The molecule has 0 fully saturated rings. The van der Waals surface area contributed by atoms with Gasteiger partial charge >= 0.3 is 17.1 Å². The Morgan fingerprint density at radius 1 is 0.568 bits per heavy atom. The molecule has 6 nitrogen and oxygen atoms in total. The molecule has 0 radical (unpaired) electrons. The van der Waals surface area contributed by atoms with Crippen molar-refractivity contribution in [1.82, 2.24) is 0 Å². The van der Waals surface area contributed by atoms with E-state index < -0.39 is 20.2 Å². The Bertz CT molecular complexity index is 1450. The van der Waals surface area contributed by atoms with E-state index in [1.54, 1.807) is 36.4 Å². The molecule has 0 aromatic heterocycles. The number of fused-ring (bicyclic) bond motifs is 2. The van der Waals surface area contributed by atoms with Crippen molar-refractivity contribution in [2.75, 3.05) is 0 Å². The van der Waals surface area contributed by atoms with E-state index in [9.17, 15) is 25.9 Å². The third kappa shape index (κ3) is 7.86. The van der Waals surface area contributed by atoms with E-state index in [0.29, 0.717) is 34.7 Å². The summed E-state index contributed by atoms with van der Waals surface area (Å²) >= 11 is 0. The number of benzene rings is 4. The van der Waals surface area contributed by atoms with Crippen LogP contribution in [-0.4, -0.2) is 25.9 Å². The molecule has 4 aromatic rings. The molecule has 9 heteroatoms. The van der Waals surface area contributed by atoms with Gasteiger partial charge in [0.15, 0.2) is 0 Å². The first-order valence-corrected chi connectivity index (χ1v) is 14.8. The van der Waals surface area contributed by atoms with E-state index in [0.717, 1.165) is 36.5 Å². The summed E-state index contributed by atoms with van der Waals surface area (Å²) in [5.74, 6) is 0. The molecule has 0 bridgehead atoms. The van der Waals surface area contributed by atoms with Crippen molar-refractivity contribution < 1.29 is 43.0 Å². The van der Waals surface area contributed by atoms with Crippen molar-refractivity contribution in [2.24, 2.45) is 0 Å². The maximum atomic E-state index is 11.5. The van der Waals surface area contributed by atoms with Crippen molar-refractivity contribution in [2.45, 2.75) is 62.2 Å². The Morgan fingerprint density at radius 3 is 1.24 bits per heavy atom. The van der Waals surface area contributed by atoms with Gasteiger partial charge in [-0.15, -0.1) is 0 Å². The molecule has 4 aromatic carbocycles. The van der Waals surface area contributed by atoms with E-state index in [2.05, 4.69) is 0 Å². The van der Waals surface area contributed by atoms with Crippen LogP contribution in [0.15, 0.2) is 82.6 Å². The van der Waals surface area contributed by atoms with Crippen LogP contribution in [0.2, 0.25) is 0 Å². The smallest absolute Gasteiger partial charge is 0.744 e. The van der Waals surface area contributed by atoms with E-state index in [4.69, 9.17) is 0 Å². The van der Waals surface area contributed by atoms with Crippen LogP contribution >= 0.6 is 0 Å². The Labute approximate surface area is 230 Å². The largest absolute Gasteiger partial charge is 2.00 e. The van der Waals surface area contributed by atoms with Crippen molar-refractivity contribution in [3.63, 3.8) is 0 Å². The summed E-state index contributed by atoms with van der Waals surface area (Å²) in [5.41, 5.74) is 1.26. The van der Waals surface area contributed by atoms with Crippen molar-refractivity contribution >= 4 is 41.8 Å². The molecule has 0 saturated carbocycles. The van der Waals surface area contributed by atoms with Crippen LogP contribution in [0.25, 0.3) is 21.5 Å². The Balaban J connectivity index is 0.000000253. The minimum absolute atomic E-state index is 0. The summed E-state index contributed by atoms with van der Waals surface area (Å²) in [6.07, 6.45) is 4.92. The second-order valence-corrected chi connectivity index (χ2v) is 11.3. The van der Waals surface area contributed by atoms with Crippen LogP contribution in [0.5, 0.6) is 0 Å². The average Bonchev–Trinajstić information content (AvgIpc) is 2.84. The van der Waals surface area contributed by atoms with E-state index in [1.807, 2.05) is 50.2 Å². The second-order valence-electron chi connectivity index (χ2n) is 8.67. The van der Waals surface area contributed by atoms with Crippen LogP contribution < -0.4 is 0 Å². The monoisotopic (exact) mass is 582 g/mol. The Hall–Kier alpha value is -2.26. The van der Waals surface area contributed by atoms with Crippen LogP contribution in [0.3, 0.4) is 0 Å². The van der Waals surface area contributed by atoms with Gasteiger partial charge in [0.2, 0.25) is 0 Å². The molecule has 0 N–H and O–H groups in total. The van der Waals surface area contributed by atoms with Gasteiger partial charge in [-0.25, -0.2) is 16.8 Å². The predicted octanol–water partition coefficient (Wildman–Crippen LogP) is 6.17. The molecule has 0 amide bonds. The quantitative estimate of drug-likeness (QED) is 0.181. The molecule has 0 saturated heterocycles. The molecule has 4 rings (SSSR count). The van der Waals surface area contributed by atoms with Crippen molar-refractivity contribution in [3.8, 4) is 0 Å². The molecular formula is C28H30FeO6S2. The standard InChI is InChI=1S/2C14H16O3S.Fe/c2*1-2-3-6-12-10-9-11-7-4-5-8-13(11)14(12)18(15,16)17;/h2*4-5,7-10H,2-3,6H2,1H3,(H,15,16,17);/q;;+2/p-2. The minimum atomic E-state index is -4.44. The van der Waals surface area contributed by atoms with Crippen LogP contribution in [0, 0.1) is 0 Å². The molecule has 0 spiro atoms. The van der Waals surface area contributed by atoms with Gasteiger partial charge in [0.1, 0.15) is 20.2 Å². The summed E-state index contributed by atoms with van der Waals surface area (Å²) in [4.78, 5) is -0.0944. The third-order valence-corrected chi connectivity index (χ3v) is 7.99. The topological polar surface area (TPSA) is 114 Å². The zero-order valence-electron chi connectivity index (χ0n) is 20.8. The zero-order chi connectivity index (χ0) is 26.3. The van der Waals surface area contributed by atoms with Crippen molar-refractivity contribution in [3.05, 3.63) is 83.9 Å². The van der Waals surface area contributed by atoms with Crippen molar-refractivity contribution in [1.29, 1.82) is 0 Å². The molecule has 0 heterocycles. The molecule has 0 aliphatic carbocycles. The normalized spacial score (nSPS) is 11.6. The molecule has 0 unspecified atom stereocenters. The molecule has 37 heavy (non-hydrogen) atoms. The fourth-order valence-electron chi connectivity index (χ4n) is 4.29. The van der Waals surface area contributed by atoms with E-state index >= 15 is 0 Å². The Kier molecular flexibility index (Phi) is 11.3. The maximum Gasteiger partial charge on any atom is 2.00 e. The molecular weight excluding hydrogens is 552 g/mol. The second kappa shape index (κ2) is 13.5. The number of unbranched alkanes of at least 4 members (excludes halogenated alkanes) is 2. The van der Waals surface area contributed by atoms with E-state index in [1.165, 1.54) is 0 Å². The van der Waals surface area contributed by atoms with E-state index in [-0.39, 0.29) is 26.9 Å². The molecule has 198 valence electrons. The summed E-state index contributed by atoms with van der Waals surface area (Å²) in [5, 5.41) is 2.63. The summed E-state index contributed by atoms with van der Waals surface area (Å²) in [7, 11) is -8.88. The number of rotatable bonds is 8. The predicted molar refractivity (Wildman–Crippen MR) is 141 cm³/mol. The van der Waals surface area contributed by atoms with Gasteiger partial charge in [0.25, 0.3) is 0 Å². The molecule has 0 aliphatic heterocycles. The van der Waals surface area contributed by atoms with Gasteiger partial charge in [-0.1, -0.05) is 99.5 Å². The van der Waals surface area contributed by atoms with Gasteiger partial charge in [-0.05, 0) is 58.4 Å². The van der Waals surface area contributed by atoms with Gasteiger partial charge in [-0.3, -0.25) is 0 Å². The molecule has 0 aliphatic rings. The fourth-order valence-corrected chi connectivity index (χ4v) is 6.19. The van der Waals surface area contributed by atoms with Crippen LogP contribution in [0.4, 0.5) is 0 Å². The van der Waals surface area contributed by atoms with Crippen LogP contribution in [-0.2, 0) is 50.1 Å². The average molecular weight is 583 g/mol. The van der Waals surface area contributed by atoms with Crippen LogP contribution in [0.1, 0.15) is 50.7 Å². The third-order valence-electron chi connectivity index (χ3n) is 6.02. The fraction of sp³-hybridized carbons (Fsp3) is 0.286. The number of hydrogen-bond acceptors (Lipinski definition) is 6. The zero-order valence-corrected chi connectivity index (χ0v) is 23.5. The maximum absolute atomic E-state index is 11.5. The Morgan fingerprint density at radius 2 is 0.919 bits per heavy atom. The first kappa shape index (κ1) is 31.0.